The van der Waals surface area contributed by atoms with E-state index >= 15 is 0 Å². The van der Waals surface area contributed by atoms with Crippen molar-refractivity contribution in [3.05, 3.63) is 11.8 Å². The summed E-state index contributed by atoms with van der Waals surface area (Å²) >= 11 is -0.427. The van der Waals surface area contributed by atoms with Gasteiger partial charge in [0, 0.05) is 0 Å². The molecule has 0 aliphatic carbocycles. The average Bonchev–Trinajstić information content (AvgIpc) is 2.10. The maximum absolute atomic E-state index is 11.4. The molecule has 1 unspecified atom stereocenters. The van der Waals surface area contributed by atoms with Gasteiger partial charge in [-0.05, 0) is 0 Å². The third-order valence-corrected chi connectivity index (χ3v) is 7.09. The second-order valence-corrected chi connectivity index (χ2v) is 9.57. The predicted octanol–water partition coefficient (Wildman–Crippen LogP) is 2.52. The molecule has 0 spiro atoms. The Balaban J connectivity index is 2.79. The van der Waals surface area contributed by atoms with Crippen LogP contribution in [-0.4, -0.2) is 35.3 Å². The monoisotopic (exact) mass is 407 g/mol. The summed E-state index contributed by atoms with van der Waals surface area (Å²) in [4.78, 5) is 11.4. The van der Waals surface area contributed by atoms with Gasteiger partial charge in [-0.25, -0.2) is 0 Å². The van der Waals surface area contributed by atoms with Crippen LogP contribution in [0.4, 0.5) is 0 Å². The van der Waals surface area contributed by atoms with Gasteiger partial charge in [0.1, 0.15) is 0 Å². The maximum atomic E-state index is 11.4. The minimum absolute atomic E-state index is 0.269. The van der Waals surface area contributed by atoms with Gasteiger partial charge in [0.2, 0.25) is 0 Å². The molecule has 0 saturated heterocycles. The first-order valence-electron chi connectivity index (χ1n) is 5.23. The molecule has 0 saturated carbocycles. The molecule has 0 N–H and O–H groups in total. The van der Waals surface area contributed by atoms with Crippen LogP contribution in [-0.2, 0) is 14.3 Å². The molecular formula is C11H18O3Po. The van der Waals surface area contributed by atoms with E-state index in [1.165, 1.54) is 10.2 Å². The number of esters is 1. The first-order valence-corrected chi connectivity index (χ1v) is 9.31. The molecule has 3 nitrogen and oxygen atoms in total. The molecule has 1 aliphatic rings. The Morgan fingerprint density at radius 1 is 1.40 bits per heavy atom. The molecule has 1 aliphatic heterocycles. The minimum atomic E-state index is -0.790. The Hall–Kier alpha value is -0.0939. The summed E-state index contributed by atoms with van der Waals surface area (Å²) in [5, 5.41) is 0. The van der Waals surface area contributed by atoms with Gasteiger partial charge in [-0.3, -0.25) is 0 Å². The fraction of sp³-hybridized carbons (Fsp3) is 0.727. The number of hydrogen-bond donors (Lipinski definition) is 0. The van der Waals surface area contributed by atoms with E-state index < -0.39 is 29.4 Å². The van der Waals surface area contributed by atoms with Gasteiger partial charge >= 0.3 is 103 Å². The fourth-order valence-corrected chi connectivity index (χ4v) is 5.05. The number of carbonyl (C=O) groups is 1. The Bertz CT molecular complexity index is 271. The van der Waals surface area contributed by atoms with Gasteiger partial charge < -0.3 is 0 Å². The van der Waals surface area contributed by atoms with Gasteiger partial charge in [-0.1, -0.05) is 0 Å². The molecule has 0 fully saturated rings. The number of allylic oxidation sites excluding steroid dienone is 1. The summed E-state index contributed by atoms with van der Waals surface area (Å²) < 4.78 is 12.5. The van der Waals surface area contributed by atoms with Crippen LogP contribution in [0.3, 0.4) is 0 Å². The Kier molecular flexibility index (Phi) is 4.58. The van der Waals surface area contributed by atoms with Crippen LogP contribution in [0, 0.1) is 0 Å². The number of rotatable bonds is 4. The van der Waals surface area contributed by atoms with Crippen molar-refractivity contribution in [2.45, 2.75) is 47.6 Å². The quantitative estimate of drug-likeness (QED) is 0.672. The van der Waals surface area contributed by atoms with Gasteiger partial charge in [0.25, 0.3) is 0 Å². The second kappa shape index (κ2) is 5.30. The second-order valence-electron chi connectivity index (χ2n) is 3.82. The predicted molar refractivity (Wildman–Crippen MR) is 59.6 cm³/mol. The van der Waals surface area contributed by atoms with Crippen molar-refractivity contribution < 1.29 is 14.3 Å². The molecule has 0 aromatic carbocycles. The van der Waals surface area contributed by atoms with Crippen molar-refractivity contribution in [1.82, 2.24) is 0 Å². The fourth-order valence-electron chi connectivity index (χ4n) is 1.48. The van der Waals surface area contributed by atoms with Crippen LogP contribution in [0.25, 0.3) is 0 Å². The summed E-state index contributed by atoms with van der Waals surface area (Å²) in [5.74, 6) is -0.207. The summed E-state index contributed by atoms with van der Waals surface area (Å²) in [6, 6.07) is 0. The van der Waals surface area contributed by atoms with E-state index in [1.54, 1.807) is 13.8 Å². The molecule has 1 rings (SSSR count). The Labute approximate surface area is 103 Å². The van der Waals surface area contributed by atoms with Crippen LogP contribution >= 0.6 is 0 Å². The number of hydrogen-bond acceptors (Lipinski definition) is 3. The molecule has 0 amide bonds. The SMILES string of the molecule is C[CH2][Po][CH](CC)C1=CC(=O)OC(C)(C)O1. The van der Waals surface area contributed by atoms with Gasteiger partial charge in [-0.2, -0.15) is 0 Å². The normalized spacial score (nSPS) is 21.3. The first kappa shape index (κ1) is 13.0. The van der Waals surface area contributed by atoms with Gasteiger partial charge in [0.15, 0.2) is 0 Å². The summed E-state index contributed by atoms with van der Waals surface area (Å²) in [5.41, 5.74) is 0. The third-order valence-electron chi connectivity index (χ3n) is 2.03. The zero-order valence-corrected chi connectivity index (χ0v) is 12.9. The summed E-state index contributed by atoms with van der Waals surface area (Å²) in [6.45, 7) is 7.92. The molecule has 0 bridgehead atoms. The van der Waals surface area contributed by atoms with Crippen LogP contribution in [0.1, 0.15) is 34.1 Å². The Morgan fingerprint density at radius 2 is 2.07 bits per heavy atom. The van der Waals surface area contributed by atoms with Crippen molar-refractivity contribution in [3.8, 4) is 0 Å². The molecule has 1 heterocycles. The van der Waals surface area contributed by atoms with E-state index in [1.807, 2.05) is 0 Å². The van der Waals surface area contributed by atoms with E-state index in [9.17, 15) is 4.79 Å². The molecule has 0 aromatic rings. The first-order chi connectivity index (χ1) is 6.98. The van der Waals surface area contributed by atoms with Crippen LogP contribution < -0.4 is 0 Å². The van der Waals surface area contributed by atoms with Crippen LogP contribution in [0.15, 0.2) is 11.8 Å². The van der Waals surface area contributed by atoms with Crippen LogP contribution in [0.2, 0.25) is 7.66 Å². The zero-order chi connectivity index (χ0) is 11.5. The number of cyclic esters (lactones) is 1. The van der Waals surface area contributed by atoms with Crippen LogP contribution in [0.5, 0.6) is 0 Å². The third kappa shape index (κ3) is 3.76. The van der Waals surface area contributed by atoms with E-state index in [0.29, 0.717) is 3.58 Å². The standard InChI is InChI=1S/C9H13O3.C2H5.Po/c1-4-5-7-6-8(10)12-9(2,3)11-7;1-2;/h5-6H,4H2,1-3H3;1H2,2H3;. The molecule has 0 aromatic heterocycles. The van der Waals surface area contributed by atoms with Crippen molar-refractivity contribution in [3.63, 3.8) is 0 Å². The van der Waals surface area contributed by atoms with Gasteiger partial charge in [-0.15, -0.1) is 0 Å². The van der Waals surface area contributed by atoms with Crippen molar-refractivity contribution in [2.75, 3.05) is 0 Å². The average molecular weight is 407 g/mol. The van der Waals surface area contributed by atoms with Crippen molar-refractivity contribution in [2.24, 2.45) is 0 Å². The van der Waals surface area contributed by atoms with Crippen molar-refractivity contribution in [1.29, 1.82) is 0 Å². The molecule has 1 atom stereocenters. The molecule has 0 radical (unpaired) electrons. The zero-order valence-electron chi connectivity index (χ0n) is 9.70. The van der Waals surface area contributed by atoms with Crippen molar-refractivity contribution >= 4 is 29.5 Å². The topological polar surface area (TPSA) is 35.5 Å². The summed E-state index contributed by atoms with van der Waals surface area (Å²) in [7, 11) is 0. The van der Waals surface area contributed by atoms with E-state index in [2.05, 4.69) is 13.8 Å². The molecule has 86 valence electrons. The van der Waals surface area contributed by atoms with E-state index in [0.717, 1.165) is 12.2 Å². The number of ether oxygens (including phenoxy) is 2. The Morgan fingerprint density at radius 3 is 2.53 bits per heavy atom. The summed E-state index contributed by atoms with van der Waals surface area (Å²) in [6.07, 6.45) is 2.59. The molecular weight excluding hydrogens is 389 g/mol. The molecule has 4 heteroatoms. The van der Waals surface area contributed by atoms with Gasteiger partial charge in [0.05, 0.1) is 0 Å². The molecule has 15 heavy (non-hydrogen) atoms. The number of carbonyl (C=O) groups excluding carboxylic acids is 1. The van der Waals surface area contributed by atoms with E-state index in [-0.39, 0.29) is 5.97 Å². The van der Waals surface area contributed by atoms with E-state index in [4.69, 9.17) is 9.47 Å².